The summed E-state index contributed by atoms with van der Waals surface area (Å²) in [7, 11) is -0.591. The lowest BCUT2D eigenvalue weighted by atomic mass is 9.81. The first kappa shape index (κ1) is 17.3. The van der Waals surface area contributed by atoms with E-state index < -0.39 is 23.1 Å². The molecule has 0 bridgehead atoms. The van der Waals surface area contributed by atoms with Gasteiger partial charge >= 0.3 is 7.12 Å². The van der Waals surface area contributed by atoms with Gasteiger partial charge in [-0.25, -0.2) is 0 Å². The third kappa shape index (κ3) is 4.35. The van der Waals surface area contributed by atoms with E-state index >= 15 is 0 Å². The topological polar surface area (TPSA) is 35.5 Å². The summed E-state index contributed by atoms with van der Waals surface area (Å²) in [4.78, 5) is 11.1. The number of alkyl halides is 2. The Morgan fingerprint density at radius 2 is 1.84 bits per heavy atom. The van der Waals surface area contributed by atoms with Crippen molar-refractivity contribution in [2.75, 3.05) is 0 Å². The van der Waals surface area contributed by atoms with Crippen molar-refractivity contribution in [3.63, 3.8) is 0 Å². The lowest BCUT2D eigenvalue weighted by Crippen LogP contribution is -2.45. The molecule has 0 aromatic rings. The van der Waals surface area contributed by atoms with Crippen molar-refractivity contribution in [3.8, 4) is 0 Å². The summed E-state index contributed by atoms with van der Waals surface area (Å²) in [5.41, 5.74) is -0.889. The number of hydrogen-bond donors (Lipinski definition) is 0. The Balaban J connectivity index is 2.62. The second kappa shape index (κ2) is 6.34. The van der Waals surface area contributed by atoms with E-state index in [4.69, 9.17) is 32.5 Å². The number of ketones is 1. The van der Waals surface area contributed by atoms with Crippen molar-refractivity contribution in [1.29, 1.82) is 0 Å². The quantitative estimate of drug-likeness (QED) is 0.553. The Morgan fingerprint density at radius 3 is 2.26 bits per heavy atom. The van der Waals surface area contributed by atoms with Gasteiger partial charge in [0.05, 0.1) is 11.2 Å². The van der Waals surface area contributed by atoms with Crippen molar-refractivity contribution in [3.05, 3.63) is 0 Å². The molecule has 0 aliphatic carbocycles. The van der Waals surface area contributed by atoms with Gasteiger partial charge < -0.3 is 14.1 Å². The highest BCUT2D eigenvalue weighted by molar-refractivity contribution is 6.73. The molecule has 0 spiro atoms. The highest BCUT2D eigenvalue weighted by atomic mass is 35.5. The predicted octanol–water partition coefficient (Wildman–Crippen LogP) is 3.80. The first-order chi connectivity index (χ1) is 8.57. The summed E-state index contributed by atoms with van der Waals surface area (Å²) >= 11 is 11.7. The van der Waals surface area contributed by atoms with Crippen molar-refractivity contribution in [2.45, 2.75) is 69.8 Å². The molecule has 0 amide bonds. The molecule has 110 valence electrons. The van der Waals surface area contributed by atoms with Gasteiger partial charge in [0.15, 0.2) is 0 Å². The van der Waals surface area contributed by atoms with Crippen LogP contribution in [0.4, 0.5) is 0 Å². The van der Waals surface area contributed by atoms with Crippen LogP contribution in [0.25, 0.3) is 0 Å². The number of carbonyl (C=O) groups is 1. The van der Waals surface area contributed by atoms with Gasteiger partial charge in [-0.1, -0.05) is 6.92 Å². The third-order valence-corrected chi connectivity index (χ3v) is 4.43. The van der Waals surface area contributed by atoms with Gasteiger partial charge in [-0.05, 0) is 46.5 Å². The lowest BCUT2D eigenvalue weighted by Gasteiger charge is -2.37. The highest BCUT2D eigenvalue weighted by Crippen LogP contribution is 2.43. The molecular weight excluding hydrogens is 286 g/mol. The molecule has 1 aliphatic rings. The minimum Gasteiger partial charge on any atom is -0.401 e. The number of carbonyl (C=O) groups excluding carboxylic acids is 1. The van der Waals surface area contributed by atoms with Crippen molar-refractivity contribution in [1.82, 2.24) is 0 Å². The van der Waals surface area contributed by atoms with E-state index in [2.05, 4.69) is 6.92 Å². The Morgan fingerprint density at radius 1 is 1.26 bits per heavy atom. The monoisotopic (exact) mass is 308 g/mol. The van der Waals surface area contributed by atoms with Crippen LogP contribution >= 0.6 is 23.2 Å². The van der Waals surface area contributed by atoms with E-state index in [0.717, 1.165) is 12.8 Å². The van der Waals surface area contributed by atoms with Crippen LogP contribution in [0.3, 0.4) is 0 Å². The molecule has 0 aromatic carbocycles. The maximum absolute atomic E-state index is 11.1. The Hall–Kier alpha value is 0.235. The molecule has 2 atom stereocenters. The third-order valence-electron chi connectivity index (χ3n) is 4.02. The van der Waals surface area contributed by atoms with Crippen LogP contribution in [-0.2, 0) is 14.1 Å². The van der Waals surface area contributed by atoms with Gasteiger partial charge in [-0.15, -0.1) is 23.2 Å². The molecule has 19 heavy (non-hydrogen) atoms. The zero-order valence-electron chi connectivity index (χ0n) is 12.3. The fourth-order valence-electron chi connectivity index (χ4n) is 2.41. The van der Waals surface area contributed by atoms with E-state index in [1.165, 1.54) is 0 Å². The van der Waals surface area contributed by atoms with E-state index in [1.54, 1.807) is 6.92 Å². The summed E-state index contributed by atoms with van der Waals surface area (Å²) in [5, 5.41) is 0. The van der Waals surface area contributed by atoms with E-state index in [9.17, 15) is 4.79 Å². The van der Waals surface area contributed by atoms with Crippen LogP contribution in [0.5, 0.6) is 0 Å². The lowest BCUT2D eigenvalue weighted by molar-refractivity contribution is -0.117. The molecule has 1 aliphatic heterocycles. The fraction of sp³-hybridized carbons (Fsp3) is 0.923. The van der Waals surface area contributed by atoms with Crippen LogP contribution in [0.1, 0.15) is 53.9 Å². The minimum atomic E-state index is -0.698. The predicted molar refractivity (Wildman–Crippen MR) is 79.6 cm³/mol. The molecular formula is C13H23BCl2O3. The standard InChI is InChI=1S/C13H23BCl2O3/c1-9(8-10(2)17)6-7-13(5)12(3,4)18-14(19-13)11(15)16/h9,11H,6-8H2,1-5H3. The van der Waals surface area contributed by atoms with E-state index in [0.29, 0.717) is 12.3 Å². The maximum atomic E-state index is 11.1. The van der Waals surface area contributed by atoms with Crippen LogP contribution in [0, 0.1) is 5.92 Å². The van der Waals surface area contributed by atoms with Crippen LogP contribution in [0.2, 0.25) is 0 Å². The van der Waals surface area contributed by atoms with E-state index in [1.807, 2.05) is 20.8 Å². The number of hydrogen-bond acceptors (Lipinski definition) is 3. The van der Waals surface area contributed by atoms with Crippen LogP contribution in [0.15, 0.2) is 0 Å². The summed E-state index contributed by atoms with van der Waals surface area (Å²) in [6, 6.07) is 0. The molecule has 0 N–H and O–H groups in total. The number of halogens is 2. The van der Waals surface area contributed by atoms with Gasteiger partial charge in [0.1, 0.15) is 10.5 Å². The normalized spacial score (nSPS) is 27.9. The number of Topliss-reactive ketones (excluding diaryl/α,β-unsaturated/α-hetero) is 1. The smallest absolute Gasteiger partial charge is 0.401 e. The Bertz CT molecular complexity index is 336. The average molecular weight is 309 g/mol. The fourth-order valence-corrected chi connectivity index (χ4v) is 2.62. The van der Waals surface area contributed by atoms with Gasteiger partial charge in [0.25, 0.3) is 0 Å². The zero-order chi connectivity index (χ0) is 14.8. The van der Waals surface area contributed by atoms with Gasteiger partial charge in [-0.2, -0.15) is 0 Å². The Kier molecular flexibility index (Phi) is 5.77. The molecule has 0 saturated carbocycles. The molecule has 1 saturated heterocycles. The molecule has 0 aromatic heterocycles. The summed E-state index contributed by atoms with van der Waals surface area (Å²) in [5.74, 6) is 0.565. The first-order valence-corrected chi connectivity index (χ1v) is 7.58. The van der Waals surface area contributed by atoms with Gasteiger partial charge in [0.2, 0.25) is 0 Å². The molecule has 6 heteroatoms. The molecule has 1 fully saturated rings. The summed E-state index contributed by atoms with van der Waals surface area (Å²) in [6.07, 6.45) is 2.32. The summed E-state index contributed by atoms with van der Waals surface area (Å²) < 4.78 is 11.0. The van der Waals surface area contributed by atoms with Gasteiger partial charge in [-0.3, -0.25) is 0 Å². The van der Waals surface area contributed by atoms with Crippen LogP contribution < -0.4 is 0 Å². The SMILES string of the molecule is CC(=O)CC(C)CCC1(C)OB(C(Cl)Cl)OC1(C)C. The molecule has 0 radical (unpaired) electrons. The zero-order valence-corrected chi connectivity index (χ0v) is 13.8. The second-order valence-corrected chi connectivity index (χ2v) is 7.39. The summed E-state index contributed by atoms with van der Waals surface area (Å²) in [6.45, 7) is 9.69. The molecule has 1 rings (SSSR count). The van der Waals surface area contributed by atoms with Crippen molar-refractivity contribution < 1.29 is 14.1 Å². The number of rotatable bonds is 6. The molecule has 1 heterocycles. The minimum absolute atomic E-state index is 0.222. The molecule has 2 unspecified atom stereocenters. The van der Waals surface area contributed by atoms with Crippen molar-refractivity contribution in [2.24, 2.45) is 5.92 Å². The highest BCUT2D eigenvalue weighted by Gasteiger charge is 2.55. The van der Waals surface area contributed by atoms with E-state index in [-0.39, 0.29) is 5.78 Å². The Labute approximate surface area is 126 Å². The van der Waals surface area contributed by atoms with Crippen LogP contribution in [-0.4, -0.2) is 28.8 Å². The first-order valence-electron chi connectivity index (χ1n) is 6.70. The van der Waals surface area contributed by atoms with Gasteiger partial charge in [0, 0.05) is 6.42 Å². The largest absolute Gasteiger partial charge is 0.493 e. The average Bonchev–Trinajstić information content (AvgIpc) is 2.47. The maximum Gasteiger partial charge on any atom is 0.493 e. The second-order valence-electron chi connectivity index (χ2n) is 6.23. The molecule has 3 nitrogen and oxygen atoms in total. The van der Waals surface area contributed by atoms with Crippen molar-refractivity contribution >= 4 is 36.1 Å².